The van der Waals surface area contributed by atoms with Crippen LogP contribution in [0.2, 0.25) is 0 Å². The number of nitrogens with one attached hydrogen (secondary N) is 1. The monoisotopic (exact) mass is 538 g/mol. The Hall–Kier alpha value is -4.06. The maximum Gasteiger partial charge on any atom is 0.254 e. The Bertz CT molecular complexity index is 1530. The quantitative estimate of drug-likeness (QED) is 0.151. The summed E-state index contributed by atoms with van der Waals surface area (Å²) in [6, 6.07) is 18.6. The van der Waals surface area contributed by atoms with Crippen molar-refractivity contribution in [1.29, 1.82) is 0 Å². The van der Waals surface area contributed by atoms with Gasteiger partial charge in [-0.3, -0.25) is 14.6 Å². The molecule has 1 amide bonds. The molecular formula is C34H35FN2O3. The van der Waals surface area contributed by atoms with Gasteiger partial charge in [0, 0.05) is 41.7 Å². The number of ketones is 1. The third-order valence-corrected chi connectivity index (χ3v) is 7.62. The number of hydrogen-bond donors (Lipinski definition) is 1. The van der Waals surface area contributed by atoms with Crippen molar-refractivity contribution >= 4 is 22.6 Å². The van der Waals surface area contributed by atoms with Crippen molar-refractivity contribution in [3.05, 3.63) is 94.9 Å². The third-order valence-electron chi connectivity index (χ3n) is 7.62. The molecule has 1 fully saturated rings. The number of carbonyl (C=O) groups excluding carboxylic acids is 2. The van der Waals surface area contributed by atoms with Crippen molar-refractivity contribution < 1.29 is 18.7 Å². The molecule has 3 aromatic carbocycles. The van der Waals surface area contributed by atoms with Crippen molar-refractivity contribution in [1.82, 2.24) is 10.3 Å². The van der Waals surface area contributed by atoms with Gasteiger partial charge in [-0.15, -0.1) is 0 Å². The van der Waals surface area contributed by atoms with Crippen LogP contribution in [0.1, 0.15) is 70.9 Å². The summed E-state index contributed by atoms with van der Waals surface area (Å²) < 4.78 is 20.9. The van der Waals surface area contributed by atoms with Crippen molar-refractivity contribution in [3.8, 4) is 16.9 Å². The van der Waals surface area contributed by atoms with Gasteiger partial charge >= 0.3 is 0 Å². The Morgan fingerprint density at radius 2 is 1.82 bits per heavy atom. The minimum absolute atomic E-state index is 0.0118. The van der Waals surface area contributed by atoms with Crippen LogP contribution in [0, 0.1) is 11.7 Å². The van der Waals surface area contributed by atoms with Crippen molar-refractivity contribution in [2.75, 3.05) is 13.7 Å². The maximum absolute atomic E-state index is 15.2. The van der Waals surface area contributed by atoms with Crippen LogP contribution in [0.4, 0.5) is 4.39 Å². The number of nitrogens with zero attached hydrogens (tertiary/aromatic N) is 1. The van der Waals surface area contributed by atoms with Gasteiger partial charge in [-0.2, -0.15) is 0 Å². The fraction of sp³-hybridized carbons (Fsp3) is 0.324. The van der Waals surface area contributed by atoms with Crippen LogP contribution >= 0.6 is 0 Å². The van der Waals surface area contributed by atoms with E-state index in [1.807, 2.05) is 37.3 Å². The number of unbranched alkanes of at least 4 members (excludes halogenated alkanes) is 1. The number of Topliss-reactive ketones (excluding diaryl/α,β-unsaturated/α-hetero) is 1. The van der Waals surface area contributed by atoms with Crippen LogP contribution < -0.4 is 10.1 Å². The first-order valence-corrected chi connectivity index (χ1v) is 14.1. The smallest absolute Gasteiger partial charge is 0.254 e. The number of carbonyl (C=O) groups is 2. The first-order valence-electron chi connectivity index (χ1n) is 14.1. The summed E-state index contributed by atoms with van der Waals surface area (Å²) in [6.45, 7) is 2.54. The second-order valence-electron chi connectivity index (χ2n) is 10.6. The molecule has 0 atom stereocenters. The Morgan fingerprint density at radius 1 is 1.02 bits per heavy atom. The first-order chi connectivity index (χ1) is 19.5. The molecule has 206 valence electrons. The highest BCUT2D eigenvalue weighted by atomic mass is 19.1. The van der Waals surface area contributed by atoms with E-state index in [-0.39, 0.29) is 11.3 Å². The Labute approximate surface area is 234 Å². The number of benzene rings is 3. The molecular weight excluding hydrogens is 503 g/mol. The molecule has 5 rings (SSSR count). The third kappa shape index (κ3) is 6.22. The number of rotatable bonds is 12. The van der Waals surface area contributed by atoms with E-state index in [1.54, 1.807) is 19.4 Å². The molecule has 1 aromatic heterocycles. The molecule has 0 spiro atoms. The predicted molar refractivity (Wildman–Crippen MR) is 156 cm³/mol. The highest BCUT2D eigenvalue weighted by Gasteiger charge is 2.27. The Balaban J connectivity index is 1.56. The average molecular weight is 539 g/mol. The van der Waals surface area contributed by atoms with E-state index in [9.17, 15) is 9.59 Å². The van der Waals surface area contributed by atoms with Crippen LogP contribution in [0.25, 0.3) is 22.0 Å². The summed E-state index contributed by atoms with van der Waals surface area (Å²) in [5.41, 5.74) is 4.81. The highest BCUT2D eigenvalue weighted by molar-refractivity contribution is 6.03. The van der Waals surface area contributed by atoms with Crippen LogP contribution in [0.5, 0.6) is 5.75 Å². The number of fused-ring (bicyclic) bond motifs is 1. The fourth-order valence-corrected chi connectivity index (χ4v) is 5.13. The van der Waals surface area contributed by atoms with Crippen molar-refractivity contribution in [3.63, 3.8) is 0 Å². The predicted octanol–water partition coefficient (Wildman–Crippen LogP) is 7.35. The van der Waals surface area contributed by atoms with Gasteiger partial charge in [-0.05, 0) is 72.9 Å². The zero-order valence-electron chi connectivity index (χ0n) is 23.1. The van der Waals surface area contributed by atoms with Crippen LogP contribution in [-0.2, 0) is 12.8 Å². The van der Waals surface area contributed by atoms with E-state index in [0.29, 0.717) is 47.7 Å². The van der Waals surface area contributed by atoms with Gasteiger partial charge < -0.3 is 10.1 Å². The standard InChI is InChI=1S/C34H35FN2O3/c1-3-4-16-36-34(39)26-15-13-24(18-30(26)35)27-19-28-25(14-12-22-8-6-5-7-9-22)29(32(38)17-23-10-11-23)21-37-31(28)20-33(27)40-2/h5-9,13,15,18-21,23H,3-4,10-12,14,16-17H2,1-2H3,(H,36,39). The van der Waals surface area contributed by atoms with Crippen LogP contribution in [0.15, 0.2) is 66.9 Å². The van der Waals surface area contributed by atoms with Crippen molar-refractivity contribution in [2.45, 2.75) is 51.9 Å². The van der Waals surface area contributed by atoms with E-state index in [2.05, 4.69) is 22.4 Å². The summed E-state index contributed by atoms with van der Waals surface area (Å²) in [6.07, 6.45) is 7.69. The molecule has 6 heteroatoms. The minimum atomic E-state index is -0.593. The van der Waals surface area contributed by atoms with Gasteiger partial charge in [0.2, 0.25) is 0 Å². The lowest BCUT2D eigenvalue weighted by Gasteiger charge is -2.16. The maximum atomic E-state index is 15.2. The van der Waals surface area contributed by atoms with Gasteiger partial charge in [0.1, 0.15) is 11.6 Å². The second kappa shape index (κ2) is 12.4. The van der Waals surface area contributed by atoms with Gasteiger partial charge in [0.15, 0.2) is 5.78 Å². The molecule has 0 aliphatic heterocycles. The van der Waals surface area contributed by atoms with E-state index >= 15 is 4.39 Å². The number of aromatic nitrogens is 1. The normalized spacial score (nSPS) is 12.9. The van der Waals surface area contributed by atoms with E-state index in [0.717, 1.165) is 48.6 Å². The second-order valence-corrected chi connectivity index (χ2v) is 10.6. The van der Waals surface area contributed by atoms with Crippen LogP contribution in [-0.4, -0.2) is 30.3 Å². The minimum Gasteiger partial charge on any atom is -0.496 e. The topological polar surface area (TPSA) is 68.3 Å². The van der Waals surface area contributed by atoms with E-state index < -0.39 is 11.7 Å². The lowest BCUT2D eigenvalue weighted by Crippen LogP contribution is -2.25. The van der Waals surface area contributed by atoms with Gasteiger partial charge in [-0.1, -0.05) is 49.7 Å². The number of halogens is 1. The molecule has 0 unspecified atom stereocenters. The summed E-state index contributed by atoms with van der Waals surface area (Å²) in [5.74, 6) is 0.128. The molecule has 0 bridgehead atoms. The summed E-state index contributed by atoms with van der Waals surface area (Å²) in [4.78, 5) is 30.5. The number of methoxy groups -OCH3 is 1. The molecule has 1 aliphatic rings. The zero-order valence-corrected chi connectivity index (χ0v) is 23.1. The van der Waals surface area contributed by atoms with Crippen LogP contribution in [0.3, 0.4) is 0 Å². The summed E-state index contributed by atoms with van der Waals surface area (Å²) in [5, 5.41) is 3.63. The largest absolute Gasteiger partial charge is 0.496 e. The number of amides is 1. The molecule has 1 saturated carbocycles. The molecule has 40 heavy (non-hydrogen) atoms. The van der Waals surface area contributed by atoms with Gasteiger partial charge in [-0.25, -0.2) is 4.39 Å². The zero-order chi connectivity index (χ0) is 28.1. The molecule has 1 N–H and O–H groups in total. The highest BCUT2D eigenvalue weighted by Crippen LogP contribution is 2.38. The molecule has 0 saturated heterocycles. The lowest BCUT2D eigenvalue weighted by molar-refractivity contribution is 0.0946. The summed E-state index contributed by atoms with van der Waals surface area (Å²) >= 11 is 0. The van der Waals surface area contributed by atoms with E-state index in [1.165, 1.54) is 17.7 Å². The van der Waals surface area contributed by atoms with Crippen molar-refractivity contribution in [2.24, 2.45) is 5.92 Å². The first kappa shape index (κ1) is 27.5. The van der Waals surface area contributed by atoms with Gasteiger partial charge in [0.05, 0.1) is 18.2 Å². The average Bonchev–Trinajstić information content (AvgIpc) is 3.79. The number of pyridine rings is 1. The number of ether oxygens (including phenoxy) is 1. The molecule has 1 heterocycles. The van der Waals surface area contributed by atoms with E-state index in [4.69, 9.17) is 4.74 Å². The molecule has 4 aromatic rings. The summed E-state index contributed by atoms with van der Waals surface area (Å²) in [7, 11) is 1.57. The SMILES string of the molecule is CCCCNC(=O)c1ccc(-c2cc3c(CCc4ccccc4)c(C(=O)CC4CC4)cnc3cc2OC)cc1F. The number of hydrogen-bond acceptors (Lipinski definition) is 4. The number of aryl methyl sites for hydroxylation is 2. The van der Waals surface area contributed by atoms with Gasteiger partial charge in [0.25, 0.3) is 5.91 Å². The molecule has 0 radical (unpaired) electrons. The molecule has 1 aliphatic carbocycles. The lowest BCUT2D eigenvalue weighted by atomic mass is 9.91. The Kier molecular flexibility index (Phi) is 8.54. The fourth-order valence-electron chi connectivity index (χ4n) is 5.13. The Morgan fingerprint density at radius 3 is 2.52 bits per heavy atom. The molecule has 5 nitrogen and oxygen atoms in total.